The maximum absolute atomic E-state index is 14.1. The normalized spacial score (nSPS) is 26.2. The molecule has 0 saturated carbocycles. The van der Waals surface area contributed by atoms with Gasteiger partial charge in [-0.15, -0.1) is 0 Å². The highest BCUT2D eigenvalue weighted by atomic mass is 19.1. The molecule has 27 heavy (non-hydrogen) atoms. The van der Waals surface area contributed by atoms with Crippen LogP contribution >= 0.6 is 0 Å². The lowest BCUT2D eigenvalue weighted by atomic mass is 9.86. The summed E-state index contributed by atoms with van der Waals surface area (Å²) in [5.74, 6) is -0.772. The Balaban J connectivity index is 1.72. The molecule has 0 unspecified atom stereocenters. The minimum Gasteiger partial charge on any atom is -0.480 e. The Hall–Kier alpha value is -2.24. The number of rotatable bonds is 4. The molecule has 0 radical (unpaired) electrons. The first-order valence-electron chi connectivity index (χ1n) is 9.38. The van der Waals surface area contributed by atoms with Gasteiger partial charge in [0.25, 0.3) is 0 Å². The Morgan fingerprint density at radius 3 is 2.63 bits per heavy atom. The Labute approximate surface area is 158 Å². The average Bonchev–Trinajstić information content (AvgIpc) is 3.00. The summed E-state index contributed by atoms with van der Waals surface area (Å²) in [6.07, 6.45) is 0.515. The summed E-state index contributed by atoms with van der Waals surface area (Å²) in [5.41, 5.74) is 4.55. The van der Waals surface area contributed by atoms with Gasteiger partial charge < -0.3 is 9.84 Å². The summed E-state index contributed by atoms with van der Waals surface area (Å²) in [7, 11) is 1.79. The molecule has 0 amide bonds. The van der Waals surface area contributed by atoms with E-state index in [-0.39, 0.29) is 36.4 Å². The van der Waals surface area contributed by atoms with Gasteiger partial charge in [0.15, 0.2) is 0 Å². The van der Waals surface area contributed by atoms with Gasteiger partial charge in [-0.05, 0) is 47.9 Å². The van der Waals surface area contributed by atoms with Crippen molar-refractivity contribution in [1.29, 1.82) is 0 Å². The second-order valence-electron chi connectivity index (χ2n) is 7.74. The van der Waals surface area contributed by atoms with Gasteiger partial charge in [0, 0.05) is 18.4 Å². The van der Waals surface area contributed by atoms with Crippen LogP contribution in [-0.2, 0) is 9.53 Å². The molecule has 1 N–H and O–H groups in total. The van der Waals surface area contributed by atoms with E-state index in [4.69, 9.17) is 9.84 Å². The molecule has 5 heteroatoms. The monoisotopic (exact) mass is 369 g/mol. The second-order valence-corrected chi connectivity index (χ2v) is 7.74. The minimum absolute atomic E-state index is 0.0198. The predicted molar refractivity (Wildman–Crippen MR) is 100 cm³/mol. The molecule has 4 atom stereocenters. The third-order valence-corrected chi connectivity index (χ3v) is 5.83. The van der Waals surface area contributed by atoms with Gasteiger partial charge in [0.1, 0.15) is 5.82 Å². The fourth-order valence-corrected chi connectivity index (χ4v) is 4.70. The molecule has 0 bridgehead atoms. The number of halogens is 1. The lowest BCUT2D eigenvalue weighted by molar-refractivity contribution is -0.138. The van der Waals surface area contributed by atoms with Gasteiger partial charge in [0.2, 0.25) is 0 Å². The fourth-order valence-electron chi connectivity index (χ4n) is 4.70. The Morgan fingerprint density at radius 1 is 1.19 bits per heavy atom. The van der Waals surface area contributed by atoms with Crippen molar-refractivity contribution in [2.75, 3.05) is 20.1 Å². The van der Waals surface area contributed by atoms with Crippen LogP contribution < -0.4 is 0 Å². The average molecular weight is 369 g/mol. The largest absolute Gasteiger partial charge is 0.480 e. The molecule has 1 saturated heterocycles. The summed E-state index contributed by atoms with van der Waals surface area (Å²) in [6.45, 7) is 2.68. The van der Waals surface area contributed by atoms with Crippen molar-refractivity contribution < 1.29 is 19.0 Å². The topological polar surface area (TPSA) is 49.8 Å². The molecule has 2 aromatic rings. The van der Waals surface area contributed by atoms with Crippen LogP contribution in [0.2, 0.25) is 0 Å². The molecule has 4 nitrogen and oxygen atoms in total. The van der Waals surface area contributed by atoms with E-state index in [0.29, 0.717) is 6.54 Å². The number of carbonyl (C=O) groups is 1. The summed E-state index contributed by atoms with van der Waals surface area (Å²) >= 11 is 0. The molecule has 1 aliphatic carbocycles. The number of nitrogens with zero attached hydrogens (tertiary/aromatic N) is 1. The first-order chi connectivity index (χ1) is 12.9. The first kappa shape index (κ1) is 18.1. The SMILES string of the molecule is C[C@@H]1c2ccccc2[C@H]2C[C@H](CN(C)CC(=O)O)O[C@@H]2c2cc(F)ccc21. The van der Waals surface area contributed by atoms with Crippen molar-refractivity contribution in [1.82, 2.24) is 4.90 Å². The van der Waals surface area contributed by atoms with Crippen molar-refractivity contribution >= 4 is 5.97 Å². The number of fused-ring (bicyclic) bond motifs is 5. The van der Waals surface area contributed by atoms with Crippen LogP contribution in [0.4, 0.5) is 4.39 Å². The molecule has 4 rings (SSSR count). The first-order valence-corrected chi connectivity index (χ1v) is 9.38. The maximum Gasteiger partial charge on any atom is 0.317 e. The molecule has 1 aliphatic heterocycles. The summed E-state index contributed by atoms with van der Waals surface area (Å²) in [5, 5.41) is 9.00. The number of carboxylic acids is 1. The maximum atomic E-state index is 14.1. The van der Waals surface area contributed by atoms with Crippen molar-refractivity contribution in [3.05, 3.63) is 70.5 Å². The molecule has 142 valence electrons. The summed E-state index contributed by atoms with van der Waals surface area (Å²) in [4.78, 5) is 12.7. The number of benzene rings is 2. The lowest BCUT2D eigenvalue weighted by Crippen LogP contribution is -2.33. The van der Waals surface area contributed by atoms with E-state index < -0.39 is 5.97 Å². The number of likely N-dealkylation sites (N-methyl/N-ethyl adjacent to an activating group) is 1. The van der Waals surface area contributed by atoms with Crippen LogP contribution in [-0.4, -0.2) is 42.2 Å². The van der Waals surface area contributed by atoms with Crippen LogP contribution in [0.3, 0.4) is 0 Å². The molecule has 2 aromatic carbocycles. The number of aliphatic carboxylic acids is 1. The van der Waals surface area contributed by atoms with E-state index in [1.54, 1.807) is 18.0 Å². The number of hydrogen-bond acceptors (Lipinski definition) is 3. The van der Waals surface area contributed by atoms with Crippen LogP contribution in [0.15, 0.2) is 42.5 Å². The van der Waals surface area contributed by atoms with Gasteiger partial charge in [-0.25, -0.2) is 4.39 Å². The van der Waals surface area contributed by atoms with Gasteiger partial charge in [-0.3, -0.25) is 9.69 Å². The Morgan fingerprint density at radius 2 is 1.89 bits per heavy atom. The van der Waals surface area contributed by atoms with Crippen molar-refractivity contribution in [2.45, 2.75) is 37.4 Å². The fraction of sp³-hybridized carbons (Fsp3) is 0.409. The van der Waals surface area contributed by atoms with E-state index in [0.717, 1.165) is 17.5 Å². The zero-order valence-electron chi connectivity index (χ0n) is 15.6. The van der Waals surface area contributed by atoms with Crippen LogP contribution in [0.5, 0.6) is 0 Å². The number of ether oxygens (including phenoxy) is 1. The smallest absolute Gasteiger partial charge is 0.317 e. The third-order valence-electron chi connectivity index (χ3n) is 5.83. The van der Waals surface area contributed by atoms with E-state index in [1.165, 1.54) is 17.2 Å². The zero-order valence-corrected chi connectivity index (χ0v) is 15.6. The minimum atomic E-state index is -0.851. The van der Waals surface area contributed by atoms with Gasteiger partial charge in [-0.1, -0.05) is 37.3 Å². The highest BCUT2D eigenvalue weighted by Gasteiger charge is 2.42. The standard InChI is InChI=1S/C22H24FNO3/c1-13-16-5-3-4-6-18(16)20-10-15(11-24(2)12-21(25)26)27-22(20)19-9-14(23)7-8-17(13)19/h3-9,13,15,20,22H,10-12H2,1-2H3,(H,25,26)/t13-,15-,20-,22-/m1/s1. The van der Waals surface area contributed by atoms with Crippen LogP contribution in [0.1, 0.15) is 53.5 Å². The summed E-state index contributed by atoms with van der Waals surface area (Å²) in [6, 6.07) is 13.4. The zero-order chi connectivity index (χ0) is 19.1. The molecule has 0 spiro atoms. The third kappa shape index (κ3) is 3.37. The Bertz CT molecular complexity index is 868. The second kappa shape index (κ2) is 7.06. The van der Waals surface area contributed by atoms with E-state index in [2.05, 4.69) is 19.1 Å². The molecule has 1 fully saturated rings. The molecule has 2 aliphatic rings. The van der Waals surface area contributed by atoms with Crippen LogP contribution in [0, 0.1) is 5.82 Å². The summed E-state index contributed by atoms with van der Waals surface area (Å²) < 4.78 is 20.4. The Kier molecular flexibility index (Phi) is 4.74. The van der Waals surface area contributed by atoms with E-state index in [1.807, 2.05) is 18.2 Å². The molecule has 0 aromatic heterocycles. The molecule has 1 heterocycles. The van der Waals surface area contributed by atoms with E-state index >= 15 is 0 Å². The van der Waals surface area contributed by atoms with Crippen molar-refractivity contribution in [3.63, 3.8) is 0 Å². The number of hydrogen-bond donors (Lipinski definition) is 1. The van der Waals surface area contributed by atoms with Gasteiger partial charge >= 0.3 is 5.97 Å². The van der Waals surface area contributed by atoms with Crippen molar-refractivity contribution in [2.24, 2.45) is 0 Å². The predicted octanol–water partition coefficient (Wildman–Crippen LogP) is 3.92. The van der Waals surface area contributed by atoms with Gasteiger partial charge in [0.05, 0.1) is 18.8 Å². The van der Waals surface area contributed by atoms with Gasteiger partial charge in [-0.2, -0.15) is 0 Å². The van der Waals surface area contributed by atoms with E-state index in [9.17, 15) is 9.18 Å². The highest BCUT2D eigenvalue weighted by Crippen LogP contribution is 2.52. The highest BCUT2D eigenvalue weighted by molar-refractivity contribution is 5.69. The molecular formula is C22H24FNO3. The van der Waals surface area contributed by atoms with Crippen LogP contribution in [0.25, 0.3) is 0 Å². The lowest BCUT2D eigenvalue weighted by Gasteiger charge is -2.22. The molecular weight excluding hydrogens is 345 g/mol. The van der Waals surface area contributed by atoms with Crippen molar-refractivity contribution in [3.8, 4) is 0 Å². The quantitative estimate of drug-likeness (QED) is 0.887. The number of carboxylic acid groups (broad SMARTS) is 1.